The van der Waals surface area contributed by atoms with Crippen LogP contribution >= 0.6 is 15.9 Å². The fourth-order valence-corrected chi connectivity index (χ4v) is 2.00. The van der Waals surface area contributed by atoms with Gasteiger partial charge in [0.15, 0.2) is 5.65 Å². The van der Waals surface area contributed by atoms with Crippen molar-refractivity contribution in [3.63, 3.8) is 0 Å². The van der Waals surface area contributed by atoms with Gasteiger partial charge < -0.3 is 5.32 Å². The zero-order chi connectivity index (χ0) is 13.2. The average molecular weight is 318 g/mol. The molecule has 1 N–H and O–H groups in total. The number of nitrogens with zero attached hydrogens (tertiary/aromatic N) is 4. The maximum Gasteiger partial charge on any atom is 0.261 e. The molecule has 1 amide bonds. The summed E-state index contributed by atoms with van der Waals surface area (Å²) in [6.45, 7) is 0. The molecule has 3 aromatic rings. The molecule has 0 aliphatic rings. The van der Waals surface area contributed by atoms with Crippen molar-refractivity contribution in [2.45, 2.75) is 0 Å². The van der Waals surface area contributed by atoms with Gasteiger partial charge in [0.1, 0.15) is 5.56 Å². The molecule has 19 heavy (non-hydrogen) atoms. The summed E-state index contributed by atoms with van der Waals surface area (Å²) in [4.78, 5) is 20.3. The van der Waals surface area contributed by atoms with Crippen LogP contribution in [0, 0.1) is 0 Å². The summed E-state index contributed by atoms with van der Waals surface area (Å²) in [5.41, 5.74) is 1.59. The number of anilines is 1. The van der Waals surface area contributed by atoms with Gasteiger partial charge in [-0.05, 0) is 28.1 Å². The van der Waals surface area contributed by atoms with E-state index in [0.717, 1.165) is 0 Å². The number of hydrogen-bond acceptors (Lipinski definition) is 4. The second-order valence-corrected chi connectivity index (χ2v) is 4.61. The second-order valence-electron chi connectivity index (χ2n) is 3.76. The standard InChI is InChI=1S/C12H8BrN5O/c13-9-7-14-4-2-10(9)17-12(19)8-6-16-18-5-1-3-15-11(8)18/h1-7H,(H,14,17,19). The molecule has 94 valence electrons. The van der Waals surface area contributed by atoms with Gasteiger partial charge >= 0.3 is 0 Å². The molecule has 0 aliphatic heterocycles. The largest absolute Gasteiger partial charge is 0.321 e. The zero-order valence-corrected chi connectivity index (χ0v) is 11.2. The number of pyridine rings is 1. The van der Waals surface area contributed by atoms with E-state index in [2.05, 4.69) is 36.3 Å². The summed E-state index contributed by atoms with van der Waals surface area (Å²) in [5.74, 6) is -0.263. The minimum Gasteiger partial charge on any atom is -0.321 e. The van der Waals surface area contributed by atoms with Crippen LogP contribution in [-0.4, -0.2) is 25.5 Å². The molecule has 0 aliphatic carbocycles. The van der Waals surface area contributed by atoms with Crippen molar-refractivity contribution in [2.75, 3.05) is 5.32 Å². The van der Waals surface area contributed by atoms with E-state index in [1.807, 2.05) is 0 Å². The van der Waals surface area contributed by atoms with E-state index in [1.165, 1.54) is 6.20 Å². The Kier molecular flexibility index (Phi) is 2.96. The van der Waals surface area contributed by atoms with Crippen LogP contribution in [0.25, 0.3) is 5.65 Å². The van der Waals surface area contributed by atoms with Crippen LogP contribution < -0.4 is 5.32 Å². The van der Waals surface area contributed by atoms with E-state index in [1.54, 1.807) is 41.4 Å². The minimum absolute atomic E-state index is 0.263. The molecule has 0 aromatic carbocycles. The van der Waals surface area contributed by atoms with Crippen LogP contribution in [-0.2, 0) is 0 Å². The third-order valence-electron chi connectivity index (χ3n) is 2.54. The van der Waals surface area contributed by atoms with Gasteiger partial charge in [0.25, 0.3) is 5.91 Å². The van der Waals surface area contributed by atoms with E-state index in [-0.39, 0.29) is 5.91 Å². The van der Waals surface area contributed by atoms with E-state index < -0.39 is 0 Å². The summed E-state index contributed by atoms with van der Waals surface area (Å²) in [6, 6.07) is 3.46. The Morgan fingerprint density at radius 1 is 1.32 bits per heavy atom. The lowest BCUT2D eigenvalue weighted by molar-refractivity contribution is 0.102. The lowest BCUT2D eigenvalue weighted by atomic mass is 10.3. The predicted molar refractivity (Wildman–Crippen MR) is 72.9 cm³/mol. The van der Waals surface area contributed by atoms with Gasteiger partial charge in [-0.2, -0.15) is 5.10 Å². The van der Waals surface area contributed by atoms with E-state index >= 15 is 0 Å². The van der Waals surface area contributed by atoms with Gasteiger partial charge in [-0.15, -0.1) is 0 Å². The first-order valence-corrected chi connectivity index (χ1v) is 6.24. The fourth-order valence-electron chi connectivity index (χ4n) is 1.65. The molecule has 0 radical (unpaired) electrons. The Morgan fingerprint density at radius 3 is 3.05 bits per heavy atom. The van der Waals surface area contributed by atoms with E-state index in [4.69, 9.17) is 0 Å². The number of carbonyl (C=O) groups excluding carboxylic acids is 1. The van der Waals surface area contributed by atoms with Gasteiger partial charge in [-0.3, -0.25) is 9.78 Å². The van der Waals surface area contributed by atoms with Crippen LogP contribution in [0.15, 0.2) is 47.6 Å². The van der Waals surface area contributed by atoms with Crippen LogP contribution in [0.4, 0.5) is 5.69 Å². The zero-order valence-electron chi connectivity index (χ0n) is 9.62. The molecule has 7 heteroatoms. The SMILES string of the molecule is O=C(Nc1ccncc1Br)c1cnn2cccnc12. The molecule has 6 nitrogen and oxygen atoms in total. The molecule has 0 spiro atoms. The highest BCUT2D eigenvalue weighted by atomic mass is 79.9. The van der Waals surface area contributed by atoms with Gasteiger partial charge in [0.2, 0.25) is 0 Å². The quantitative estimate of drug-likeness (QED) is 0.786. The topological polar surface area (TPSA) is 72.2 Å². The molecule has 0 bridgehead atoms. The van der Waals surface area contributed by atoms with Crippen molar-refractivity contribution in [3.05, 3.63) is 53.2 Å². The Morgan fingerprint density at radius 2 is 2.21 bits per heavy atom. The summed E-state index contributed by atoms with van der Waals surface area (Å²) in [5, 5.41) is 6.86. The molecule has 0 saturated heterocycles. The van der Waals surface area contributed by atoms with Gasteiger partial charge in [0.05, 0.1) is 16.4 Å². The number of aromatic nitrogens is 4. The third kappa shape index (κ3) is 2.19. The molecule has 0 fully saturated rings. The number of carbonyl (C=O) groups is 1. The number of halogens is 1. The third-order valence-corrected chi connectivity index (χ3v) is 3.18. The molecule has 0 saturated carbocycles. The summed E-state index contributed by atoms with van der Waals surface area (Å²) < 4.78 is 2.27. The smallest absolute Gasteiger partial charge is 0.261 e. The highest BCUT2D eigenvalue weighted by Gasteiger charge is 2.14. The Hall–Kier alpha value is -2.28. The molecular weight excluding hydrogens is 310 g/mol. The molecule has 0 atom stereocenters. The maximum atomic E-state index is 12.2. The van der Waals surface area contributed by atoms with Crippen molar-refractivity contribution in [1.29, 1.82) is 0 Å². The number of fused-ring (bicyclic) bond motifs is 1. The Balaban J connectivity index is 1.95. The molecule has 3 heterocycles. The first-order valence-electron chi connectivity index (χ1n) is 5.45. The van der Waals surface area contributed by atoms with Crippen LogP contribution in [0.5, 0.6) is 0 Å². The van der Waals surface area contributed by atoms with Gasteiger partial charge in [-0.1, -0.05) is 0 Å². The number of rotatable bonds is 2. The Labute approximate surface area is 116 Å². The monoisotopic (exact) mass is 317 g/mol. The Bertz CT molecular complexity index is 754. The fraction of sp³-hybridized carbons (Fsp3) is 0. The van der Waals surface area contributed by atoms with Gasteiger partial charge in [0, 0.05) is 24.8 Å². The molecule has 3 rings (SSSR count). The summed E-state index contributed by atoms with van der Waals surface area (Å²) >= 11 is 3.32. The number of amides is 1. The minimum atomic E-state index is -0.263. The molecule has 3 aromatic heterocycles. The van der Waals surface area contributed by atoms with E-state index in [0.29, 0.717) is 21.4 Å². The first-order chi connectivity index (χ1) is 9.25. The van der Waals surface area contributed by atoms with Crippen molar-refractivity contribution in [1.82, 2.24) is 19.6 Å². The molecule has 0 unspecified atom stereocenters. The van der Waals surface area contributed by atoms with Crippen molar-refractivity contribution >= 4 is 33.2 Å². The number of hydrogen-bond donors (Lipinski definition) is 1. The first kappa shape index (κ1) is 11.8. The van der Waals surface area contributed by atoms with Crippen LogP contribution in [0.3, 0.4) is 0 Å². The van der Waals surface area contributed by atoms with Crippen molar-refractivity contribution in [2.24, 2.45) is 0 Å². The summed E-state index contributed by atoms with van der Waals surface area (Å²) in [7, 11) is 0. The lowest BCUT2D eigenvalue weighted by Gasteiger charge is -2.05. The van der Waals surface area contributed by atoms with Crippen LogP contribution in [0.1, 0.15) is 10.4 Å². The maximum absolute atomic E-state index is 12.2. The normalized spacial score (nSPS) is 10.6. The lowest BCUT2D eigenvalue weighted by Crippen LogP contribution is -2.12. The van der Waals surface area contributed by atoms with Crippen molar-refractivity contribution < 1.29 is 4.79 Å². The molecular formula is C12H8BrN5O. The highest BCUT2D eigenvalue weighted by molar-refractivity contribution is 9.10. The number of nitrogens with one attached hydrogen (secondary N) is 1. The second kappa shape index (κ2) is 4.77. The van der Waals surface area contributed by atoms with Crippen molar-refractivity contribution in [3.8, 4) is 0 Å². The predicted octanol–water partition coefficient (Wildman–Crippen LogP) is 2.14. The van der Waals surface area contributed by atoms with Crippen LogP contribution in [0.2, 0.25) is 0 Å². The highest BCUT2D eigenvalue weighted by Crippen LogP contribution is 2.21. The average Bonchev–Trinajstić information content (AvgIpc) is 2.85. The van der Waals surface area contributed by atoms with E-state index in [9.17, 15) is 4.79 Å². The van der Waals surface area contributed by atoms with Gasteiger partial charge in [-0.25, -0.2) is 9.50 Å². The summed E-state index contributed by atoms with van der Waals surface area (Å²) in [6.07, 6.45) is 8.07.